The first kappa shape index (κ1) is 18.0. The van der Waals surface area contributed by atoms with Gasteiger partial charge in [-0.15, -0.1) is 0 Å². The summed E-state index contributed by atoms with van der Waals surface area (Å²) in [5.74, 6) is 1.23. The lowest BCUT2D eigenvalue weighted by atomic mass is 10.4. The van der Waals surface area contributed by atoms with Gasteiger partial charge in [-0.25, -0.2) is 9.97 Å². The van der Waals surface area contributed by atoms with Crippen LogP contribution in [0, 0.1) is 0 Å². The Morgan fingerprint density at radius 3 is 2.29 bits per heavy atom. The Labute approximate surface area is 136 Å². The van der Waals surface area contributed by atoms with E-state index in [9.17, 15) is 4.79 Å². The van der Waals surface area contributed by atoms with Gasteiger partial charge in [0.05, 0.1) is 5.75 Å². The van der Waals surface area contributed by atoms with Crippen LogP contribution in [0.5, 0.6) is 0 Å². The van der Waals surface area contributed by atoms with E-state index < -0.39 is 0 Å². The predicted molar refractivity (Wildman–Crippen MR) is 89.3 cm³/mol. The van der Waals surface area contributed by atoms with Crippen molar-refractivity contribution >= 4 is 35.1 Å². The third kappa shape index (κ3) is 5.36. The number of halogens is 1. The van der Waals surface area contributed by atoms with Crippen molar-refractivity contribution in [3.8, 4) is 0 Å². The summed E-state index contributed by atoms with van der Waals surface area (Å²) in [6.45, 7) is 11.2. The lowest BCUT2D eigenvalue weighted by Crippen LogP contribution is -2.31. The SMILES string of the molecule is CCN(CC)C(=O)CSc1nc(Cl)cc(N(CC)CC)n1. The number of rotatable bonds is 8. The highest BCUT2D eigenvalue weighted by Crippen LogP contribution is 2.22. The average Bonchev–Trinajstić information content (AvgIpc) is 2.47. The molecule has 0 aliphatic rings. The van der Waals surface area contributed by atoms with Gasteiger partial charge >= 0.3 is 0 Å². The molecule has 0 saturated heterocycles. The Bertz CT molecular complexity index is 464. The maximum Gasteiger partial charge on any atom is 0.233 e. The van der Waals surface area contributed by atoms with Gasteiger partial charge in [0, 0.05) is 32.2 Å². The van der Waals surface area contributed by atoms with E-state index in [4.69, 9.17) is 11.6 Å². The fourth-order valence-electron chi connectivity index (χ4n) is 1.95. The van der Waals surface area contributed by atoms with E-state index in [1.165, 1.54) is 11.8 Å². The molecule has 118 valence electrons. The Morgan fingerprint density at radius 1 is 1.14 bits per heavy atom. The van der Waals surface area contributed by atoms with Gasteiger partial charge in [0.1, 0.15) is 11.0 Å². The highest BCUT2D eigenvalue weighted by Gasteiger charge is 2.13. The van der Waals surface area contributed by atoms with E-state index in [-0.39, 0.29) is 5.91 Å². The smallest absolute Gasteiger partial charge is 0.233 e. The minimum atomic E-state index is 0.0953. The molecular formula is C14H23ClN4OS. The summed E-state index contributed by atoms with van der Waals surface area (Å²) >= 11 is 7.38. The standard InChI is InChI=1S/C14H23ClN4OS/c1-5-18(6-2)12-9-11(15)16-14(17-12)21-10-13(20)19(7-3)8-4/h9H,5-8,10H2,1-4H3. The van der Waals surface area contributed by atoms with E-state index in [2.05, 4.69) is 28.7 Å². The van der Waals surface area contributed by atoms with Crippen LogP contribution in [0.3, 0.4) is 0 Å². The summed E-state index contributed by atoms with van der Waals surface area (Å²) in [5.41, 5.74) is 0. The molecule has 0 fully saturated rings. The number of anilines is 1. The van der Waals surface area contributed by atoms with Gasteiger partial charge < -0.3 is 9.80 Å². The van der Waals surface area contributed by atoms with Crippen molar-refractivity contribution in [1.82, 2.24) is 14.9 Å². The number of nitrogens with zero attached hydrogens (tertiary/aromatic N) is 4. The number of carbonyl (C=O) groups excluding carboxylic acids is 1. The first-order chi connectivity index (χ1) is 10.0. The Balaban J connectivity index is 2.77. The number of aromatic nitrogens is 2. The molecule has 0 bridgehead atoms. The monoisotopic (exact) mass is 330 g/mol. The van der Waals surface area contributed by atoms with Crippen molar-refractivity contribution in [2.24, 2.45) is 0 Å². The lowest BCUT2D eigenvalue weighted by molar-refractivity contribution is -0.127. The Morgan fingerprint density at radius 2 is 1.76 bits per heavy atom. The van der Waals surface area contributed by atoms with Crippen molar-refractivity contribution in [2.45, 2.75) is 32.9 Å². The number of hydrogen-bond acceptors (Lipinski definition) is 5. The molecule has 1 heterocycles. The van der Waals surface area contributed by atoms with Gasteiger partial charge in [-0.3, -0.25) is 4.79 Å². The van der Waals surface area contributed by atoms with Gasteiger partial charge in [0.2, 0.25) is 5.91 Å². The second-order valence-corrected chi connectivity index (χ2v) is 5.69. The molecule has 0 N–H and O–H groups in total. The van der Waals surface area contributed by atoms with Crippen LogP contribution in [0.25, 0.3) is 0 Å². The molecule has 1 aromatic heterocycles. The van der Waals surface area contributed by atoms with Gasteiger partial charge in [-0.1, -0.05) is 23.4 Å². The van der Waals surface area contributed by atoms with Crippen LogP contribution >= 0.6 is 23.4 Å². The normalized spacial score (nSPS) is 10.5. The second kappa shape index (κ2) is 9.10. The molecule has 0 unspecified atom stereocenters. The van der Waals surface area contributed by atoms with E-state index in [0.29, 0.717) is 16.1 Å². The maximum absolute atomic E-state index is 12.0. The highest BCUT2D eigenvalue weighted by atomic mass is 35.5. The van der Waals surface area contributed by atoms with Crippen molar-refractivity contribution in [1.29, 1.82) is 0 Å². The number of thioether (sulfide) groups is 1. The summed E-state index contributed by atoms with van der Waals surface area (Å²) in [4.78, 5) is 24.6. The minimum Gasteiger partial charge on any atom is -0.357 e. The maximum atomic E-state index is 12.0. The molecule has 0 aliphatic heterocycles. The molecular weight excluding hydrogens is 308 g/mol. The summed E-state index contributed by atoms with van der Waals surface area (Å²) in [7, 11) is 0. The summed E-state index contributed by atoms with van der Waals surface area (Å²) < 4.78 is 0. The Kier molecular flexibility index (Phi) is 7.82. The molecule has 0 saturated carbocycles. The van der Waals surface area contributed by atoms with E-state index in [1.807, 2.05) is 13.8 Å². The molecule has 21 heavy (non-hydrogen) atoms. The van der Waals surface area contributed by atoms with Crippen molar-refractivity contribution in [3.63, 3.8) is 0 Å². The fourth-order valence-corrected chi connectivity index (χ4v) is 2.94. The molecule has 1 amide bonds. The van der Waals surface area contributed by atoms with Crippen molar-refractivity contribution in [3.05, 3.63) is 11.2 Å². The van der Waals surface area contributed by atoms with Gasteiger partial charge in [-0.2, -0.15) is 0 Å². The van der Waals surface area contributed by atoms with E-state index in [0.717, 1.165) is 32.0 Å². The molecule has 0 aromatic carbocycles. The fraction of sp³-hybridized carbons (Fsp3) is 0.643. The average molecular weight is 331 g/mol. The number of hydrogen-bond donors (Lipinski definition) is 0. The summed E-state index contributed by atoms with van der Waals surface area (Å²) in [6, 6.07) is 1.75. The zero-order valence-electron chi connectivity index (χ0n) is 13.1. The zero-order chi connectivity index (χ0) is 15.8. The Hall–Kier alpha value is -1.01. The van der Waals surface area contributed by atoms with Crippen LogP contribution in [0.15, 0.2) is 11.2 Å². The van der Waals surface area contributed by atoms with Crippen molar-refractivity contribution < 1.29 is 4.79 Å². The first-order valence-electron chi connectivity index (χ1n) is 7.25. The molecule has 5 nitrogen and oxygen atoms in total. The van der Waals surface area contributed by atoms with E-state index in [1.54, 1.807) is 11.0 Å². The molecule has 0 aliphatic carbocycles. The van der Waals surface area contributed by atoms with Crippen LogP contribution in [0.2, 0.25) is 5.15 Å². The molecule has 0 radical (unpaired) electrons. The topological polar surface area (TPSA) is 49.3 Å². The third-order valence-corrected chi connectivity index (χ3v) is 4.21. The molecule has 0 atom stereocenters. The first-order valence-corrected chi connectivity index (χ1v) is 8.62. The van der Waals surface area contributed by atoms with Crippen LogP contribution in [0.4, 0.5) is 5.82 Å². The van der Waals surface area contributed by atoms with Crippen LogP contribution in [-0.2, 0) is 4.79 Å². The summed E-state index contributed by atoms with van der Waals surface area (Å²) in [6.07, 6.45) is 0. The molecule has 7 heteroatoms. The number of carbonyl (C=O) groups is 1. The van der Waals surface area contributed by atoms with Crippen LogP contribution < -0.4 is 4.90 Å². The predicted octanol–water partition coefficient (Wildman–Crippen LogP) is 2.94. The van der Waals surface area contributed by atoms with E-state index >= 15 is 0 Å². The highest BCUT2D eigenvalue weighted by molar-refractivity contribution is 7.99. The second-order valence-electron chi connectivity index (χ2n) is 4.36. The summed E-state index contributed by atoms with van der Waals surface area (Å²) in [5, 5.41) is 0.953. The van der Waals surface area contributed by atoms with Crippen LogP contribution in [0.1, 0.15) is 27.7 Å². The lowest BCUT2D eigenvalue weighted by Gasteiger charge is -2.20. The molecule has 1 rings (SSSR count). The quantitative estimate of drug-likeness (QED) is 0.416. The molecule has 0 spiro atoms. The van der Waals surface area contributed by atoms with Gasteiger partial charge in [0.25, 0.3) is 0 Å². The molecule has 1 aromatic rings. The van der Waals surface area contributed by atoms with Gasteiger partial charge in [0.15, 0.2) is 5.16 Å². The number of amides is 1. The zero-order valence-corrected chi connectivity index (χ0v) is 14.7. The van der Waals surface area contributed by atoms with Crippen molar-refractivity contribution in [2.75, 3.05) is 36.8 Å². The van der Waals surface area contributed by atoms with Crippen LogP contribution in [-0.4, -0.2) is 52.7 Å². The van der Waals surface area contributed by atoms with Gasteiger partial charge in [-0.05, 0) is 27.7 Å². The largest absolute Gasteiger partial charge is 0.357 e. The minimum absolute atomic E-state index is 0.0953. The third-order valence-electron chi connectivity index (χ3n) is 3.19.